The zero-order valence-corrected chi connectivity index (χ0v) is 8.54. The molecular formula is C7H11N5OS. The normalized spacial score (nSPS) is 20.4. The lowest BCUT2D eigenvalue weighted by atomic mass is 10.3. The molecule has 1 unspecified atom stereocenters. The van der Waals surface area contributed by atoms with E-state index < -0.39 is 0 Å². The second-order valence-corrected chi connectivity index (χ2v) is 4.19. The molecule has 2 rings (SSSR count). The Morgan fingerprint density at radius 3 is 3.14 bits per heavy atom. The van der Waals surface area contributed by atoms with Gasteiger partial charge in [0.05, 0.1) is 5.25 Å². The molecule has 0 spiro atoms. The predicted molar refractivity (Wildman–Crippen MR) is 52.4 cm³/mol. The number of amides is 1. The van der Waals surface area contributed by atoms with Gasteiger partial charge in [-0.1, -0.05) is 11.8 Å². The van der Waals surface area contributed by atoms with Crippen LogP contribution in [0.1, 0.15) is 12.2 Å². The summed E-state index contributed by atoms with van der Waals surface area (Å²) in [7, 11) is 0. The van der Waals surface area contributed by atoms with E-state index in [0.717, 1.165) is 5.16 Å². The monoisotopic (exact) mass is 213 g/mol. The molecule has 7 heteroatoms. The first-order chi connectivity index (χ1) is 6.72. The summed E-state index contributed by atoms with van der Waals surface area (Å²) in [5.41, 5.74) is 8.13. The smallest absolute Gasteiger partial charge is 0.252 e. The molecule has 14 heavy (non-hydrogen) atoms. The molecule has 1 atom stereocenters. The van der Waals surface area contributed by atoms with Crippen LogP contribution in [-0.2, 0) is 4.79 Å². The predicted octanol–water partition coefficient (Wildman–Crippen LogP) is -0.520. The van der Waals surface area contributed by atoms with Crippen LogP contribution in [0.15, 0.2) is 5.16 Å². The van der Waals surface area contributed by atoms with Crippen molar-refractivity contribution in [2.75, 3.05) is 12.0 Å². The van der Waals surface area contributed by atoms with Gasteiger partial charge in [-0.25, -0.2) is 4.68 Å². The summed E-state index contributed by atoms with van der Waals surface area (Å²) >= 11 is 1.41. The van der Waals surface area contributed by atoms with E-state index in [1.54, 1.807) is 11.6 Å². The quantitative estimate of drug-likeness (QED) is 0.690. The minimum Gasteiger partial charge on any atom is -0.330 e. The van der Waals surface area contributed by atoms with Gasteiger partial charge in [-0.2, -0.15) is 0 Å². The van der Waals surface area contributed by atoms with Crippen molar-refractivity contribution in [3.8, 4) is 0 Å². The van der Waals surface area contributed by atoms with E-state index in [-0.39, 0.29) is 11.2 Å². The van der Waals surface area contributed by atoms with Crippen molar-refractivity contribution >= 4 is 17.7 Å². The highest BCUT2D eigenvalue weighted by Crippen LogP contribution is 2.27. The summed E-state index contributed by atoms with van der Waals surface area (Å²) < 4.78 is 1.60. The fourth-order valence-electron chi connectivity index (χ4n) is 1.25. The number of thioether (sulfide) groups is 1. The highest BCUT2D eigenvalue weighted by atomic mass is 32.2. The molecule has 0 radical (unpaired) electrons. The second kappa shape index (κ2) is 3.58. The van der Waals surface area contributed by atoms with Gasteiger partial charge in [0.1, 0.15) is 5.82 Å². The van der Waals surface area contributed by atoms with Crippen LogP contribution in [0.3, 0.4) is 0 Å². The summed E-state index contributed by atoms with van der Waals surface area (Å²) in [5.74, 6) is 0.655. The van der Waals surface area contributed by atoms with E-state index in [0.29, 0.717) is 18.8 Å². The number of rotatable bonds is 2. The van der Waals surface area contributed by atoms with E-state index in [4.69, 9.17) is 5.73 Å². The fourth-order valence-corrected chi connectivity index (χ4v) is 2.29. The standard InChI is InChI=1S/C7H11N5OS/c1-4-9-10-7-12(4)11-6(13)5(14-7)2-3-8/h5H,2-3,8H2,1H3,(H,11,13). The van der Waals surface area contributed by atoms with Crippen LogP contribution >= 0.6 is 11.8 Å². The van der Waals surface area contributed by atoms with Gasteiger partial charge < -0.3 is 5.73 Å². The molecule has 6 nitrogen and oxygen atoms in total. The summed E-state index contributed by atoms with van der Waals surface area (Å²) in [6.45, 7) is 2.29. The molecule has 1 amide bonds. The molecule has 0 bridgehead atoms. The van der Waals surface area contributed by atoms with Crippen LogP contribution in [0, 0.1) is 6.92 Å². The molecule has 1 aliphatic heterocycles. The molecule has 1 aromatic heterocycles. The Morgan fingerprint density at radius 1 is 1.64 bits per heavy atom. The Bertz CT molecular complexity index is 363. The third-order valence-electron chi connectivity index (χ3n) is 1.99. The summed E-state index contributed by atoms with van der Waals surface area (Å²) in [4.78, 5) is 11.5. The first-order valence-electron chi connectivity index (χ1n) is 4.32. The number of carbonyl (C=O) groups excluding carboxylic acids is 1. The largest absolute Gasteiger partial charge is 0.330 e. The number of nitrogens with zero attached hydrogens (tertiary/aromatic N) is 3. The van der Waals surface area contributed by atoms with Crippen molar-refractivity contribution < 1.29 is 4.79 Å². The summed E-state index contributed by atoms with van der Waals surface area (Å²) in [5, 5.41) is 8.40. The first kappa shape index (κ1) is 9.47. The van der Waals surface area contributed by atoms with Gasteiger partial charge >= 0.3 is 0 Å². The lowest BCUT2D eigenvalue weighted by Gasteiger charge is -2.21. The van der Waals surface area contributed by atoms with E-state index in [1.165, 1.54) is 11.8 Å². The van der Waals surface area contributed by atoms with Crippen molar-refractivity contribution in [1.82, 2.24) is 14.9 Å². The maximum Gasteiger partial charge on any atom is 0.252 e. The third-order valence-corrected chi connectivity index (χ3v) is 3.20. The average Bonchev–Trinajstić information content (AvgIpc) is 2.50. The van der Waals surface area contributed by atoms with Crippen LogP contribution < -0.4 is 11.2 Å². The van der Waals surface area contributed by atoms with E-state index in [9.17, 15) is 4.79 Å². The Labute approximate surface area is 85.2 Å². The zero-order valence-electron chi connectivity index (χ0n) is 7.73. The number of carbonyl (C=O) groups is 1. The Balaban J connectivity index is 2.23. The maximum atomic E-state index is 11.5. The zero-order chi connectivity index (χ0) is 10.1. The number of aromatic nitrogens is 3. The van der Waals surface area contributed by atoms with Crippen LogP contribution in [0.2, 0.25) is 0 Å². The van der Waals surface area contributed by atoms with Crippen LogP contribution in [-0.4, -0.2) is 32.6 Å². The molecule has 0 saturated carbocycles. The van der Waals surface area contributed by atoms with Crippen molar-refractivity contribution in [2.24, 2.45) is 5.73 Å². The molecular weight excluding hydrogens is 202 g/mol. The van der Waals surface area contributed by atoms with Gasteiger partial charge in [-0.05, 0) is 19.9 Å². The fraction of sp³-hybridized carbons (Fsp3) is 0.571. The molecule has 76 valence electrons. The van der Waals surface area contributed by atoms with E-state index in [2.05, 4.69) is 15.6 Å². The van der Waals surface area contributed by atoms with Gasteiger partial charge in [0.15, 0.2) is 0 Å². The highest BCUT2D eigenvalue weighted by molar-refractivity contribution is 8.00. The number of nitrogens with one attached hydrogen (secondary N) is 1. The third kappa shape index (κ3) is 1.48. The number of hydrogen-bond donors (Lipinski definition) is 2. The van der Waals surface area contributed by atoms with Crippen molar-refractivity contribution in [3.63, 3.8) is 0 Å². The highest BCUT2D eigenvalue weighted by Gasteiger charge is 2.28. The van der Waals surface area contributed by atoms with Crippen molar-refractivity contribution in [1.29, 1.82) is 0 Å². The van der Waals surface area contributed by atoms with Crippen LogP contribution in [0.5, 0.6) is 0 Å². The van der Waals surface area contributed by atoms with Crippen molar-refractivity contribution in [3.05, 3.63) is 5.82 Å². The minimum absolute atomic E-state index is 0.0316. The molecule has 0 saturated heterocycles. The molecule has 1 aromatic rings. The summed E-state index contributed by atoms with van der Waals surface area (Å²) in [6.07, 6.45) is 0.655. The molecule has 0 fully saturated rings. The van der Waals surface area contributed by atoms with Gasteiger partial charge in [0.25, 0.3) is 5.91 Å². The van der Waals surface area contributed by atoms with Gasteiger partial charge in [-0.15, -0.1) is 10.2 Å². The molecule has 3 N–H and O–H groups in total. The van der Waals surface area contributed by atoms with Crippen LogP contribution in [0.4, 0.5) is 0 Å². The number of fused-ring (bicyclic) bond motifs is 1. The second-order valence-electron chi connectivity index (χ2n) is 3.03. The minimum atomic E-state index is -0.143. The SMILES string of the molecule is Cc1nnc2n1NC(=O)C(CCN)S2. The number of aryl methyl sites for hydroxylation is 1. The van der Waals surface area contributed by atoms with E-state index in [1.807, 2.05) is 0 Å². The van der Waals surface area contributed by atoms with E-state index >= 15 is 0 Å². The molecule has 0 aromatic carbocycles. The Kier molecular flexibility index (Phi) is 2.42. The molecule has 1 aliphatic rings. The molecule has 0 aliphatic carbocycles. The lowest BCUT2D eigenvalue weighted by Crippen LogP contribution is -2.37. The van der Waals surface area contributed by atoms with Crippen molar-refractivity contribution in [2.45, 2.75) is 23.8 Å². The lowest BCUT2D eigenvalue weighted by molar-refractivity contribution is -0.117. The van der Waals surface area contributed by atoms with Gasteiger partial charge in [0.2, 0.25) is 5.16 Å². The Hall–Kier alpha value is -1.08. The summed E-state index contributed by atoms with van der Waals surface area (Å²) in [6, 6.07) is 0. The topological polar surface area (TPSA) is 85.8 Å². The molecule has 2 heterocycles. The van der Waals surface area contributed by atoms with Gasteiger partial charge in [0, 0.05) is 0 Å². The average molecular weight is 213 g/mol. The maximum absolute atomic E-state index is 11.5. The first-order valence-corrected chi connectivity index (χ1v) is 5.20. The Morgan fingerprint density at radius 2 is 2.43 bits per heavy atom. The number of nitrogens with two attached hydrogens (primary N) is 1. The number of hydrogen-bond acceptors (Lipinski definition) is 5. The van der Waals surface area contributed by atoms with Crippen LogP contribution in [0.25, 0.3) is 0 Å². The van der Waals surface area contributed by atoms with Gasteiger partial charge in [-0.3, -0.25) is 10.2 Å².